The zero-order valence-corrected chi connectivity index (χ0v) is 15.3. The maximum absolute atomic E-state index is 11.0. The van der Waals surface area contributed by atoms with Crippen molar-refractivity contribution in [3.8, 4) is 0 Å². The first-order valence-electron chi connectivity index (χ1n) is 6.19. The monoisotopic (exact) mass is 398 g/mol. The fourth-order valence-corrected chi connectivity index (χ4v) is 2.57. The van der Waals surface area contributed by atoms with E-state index in [9.17, 15) is 9.59 Å². The Kier molecular flexibility index (Phi) is 6.92. The molecule has 0 atom stereocenters. The van der Waals surface area contributed by atoms with Gasteiger partial charge in [0.15, 0.2) is 0 Å². The van der Waals surface area contributed by atoms with E-state index in [2.05, 4.69) is 25.8 Å². The van der Waals surface area contributed by atoms with E-state index in [0.29, 0.717) is 0 Å². The average Bonchev–Trinajstić information content (AvgIpc) is 3.15. The van der Waals surface area contributed by atoms with Crippen molar-refractivity contribution >= 4 is 36.8 Å². The fraction of sp³-hybridized carbons (Fsp3) is 0.333. The Morgan fingerprint density at radius 2 is 1.57 bits per heavy atom. The molecule has 0 spiro atoms. The standard InChI is InChI=1S/C6H9N3O.C5H6N3O.CH3.Sn/c1-5-3-8-9(4-5)6(10)7-2;1-6-5(9)8-4-2-3-7-8;;/h3-4H,1-2H3,(H,7,10);3-4H,1H3,(H,6,9);1H3;. The van der Waals surface area contributed by atoms with Crippen LogP contribution in [0.2, 0.25) is 4.94 Å². The van der Waals surface area contributed by atoms with Crippen molar-refractivity contribution in [1.82, 2.24) is 30.2 Å². The van der Waals surface area contributed by atoms with Crippen LogP contribution in [0.4, 0.5) is 9.59 Å². The molecule has 0 saturated heterocycles. The number of hydrogen-bond acceptors (Lipinski definition) is 4. The Morgan fingerprint density at radius 1 is 1.05 bits per heavy atom. The first-order valence-corrected chi connectivity index (χ1v) is 10.5. The molecule has 0 aliphatic carbocycles. The summed E-state index contributed by atoms with van der Waals surface area (Å²) in [6.07, 6.45) is 6.86. The molecule has 2 rings (SSSR count). The third-order valence-electron chi connectivity index (χ3n) is 2.43. The van der Waals surface area contributed by atoms with Crippen LogP contribution < -0.4 is 14.2 Å². The molecule has 9 heteroatoms. The second-order valence-corrected chi connectivity index (χ2v) is 7.07. The molecule has 0 fully saturated rings. The van der Waals surface area contributed by atoms with E-state index in [1.807, 2.05) is 6.92 Å². The minimum absolute atomic E-state index is 0.177. The van der Waals surface area contributed by atoms with Crippen molar-refractivity contribution in [2.75, 3.05) is 14.1 Å². The number of aryl methyl sites for hydroxylation is 1. The van der Waals surface area contributed by atoms with Crippen LogP contribution in [-0.4, -0.2) is 66.9 Å². The van der Waals surface area contributed by atoms with Crippen molar-refractivity contribution < 1.29 is 9.59 Å². The van der Waals surface area contributed by atoms with Gasteiger partial charge in [-0.25, -0.2) is 4.79 Å². The summed E-state index contributed by atoms with van der Waals surface area (Å²) in [6, 6.07) is -0.392. The second kappa shape index (κ2) is 8.45. The summed E-state index contributed by atoms with van der Waals surface area (Å²) in [7, 11) is 3.16. The normalized spacial score (nSPS) is 9.52. The number of rotatable bonds is 1. The predicted octanol–water partition coefficient (Wildman–Crippen LogP) is -0.173. The molecule has 112 valence electrons. The van der Waals surface area contributed by atoms with Gasteiger partial charge in [0.2, 0.25) is 0 Å². The van der Waals surface area contributed by atoms with Gasteiger partial charge in [-0.15, -0.1) is 0 Å². The van der Waals surface area contributed by atoms with Crippen LogP contribution in [0.1, 0.15) is 5.56 Å². The van der Waals surface area contributed by atoms with Gasteiger partial charge >= 0.3 is 81.1 Å². The average molecular weight is 397 g/mol. The van der Waals surface area contributed by atoms with E-state index in [-0.39, 0.29) is 12.1 Å². The number of amides is 2. The summed E-state index contributed by atoms with van der Waals surface area (Å²) < 4.78 is 3.83. The zero-order chi connectivity index (χ0) is 15.8. The van der Waals surface area contributed by atoms with E-state index in [4.69, 9.17) is 0 Å². The van der Waals surface area contributed by atoms with Gasteiger partial charge in [-0.3, -0.25) is 0 Å². The molecule has 0 saturated carbocycles. The molecular formula is C12H18N6O2Sn. The van der Waals surface area contributed by atoms with E-state index >= 15 is 0 Å². The fourth-order valence-electron chi connectivity index (χ4n) is 1.32. The minimum Gasteiger partial charge on any atom is -0.339 e. The number of nitrogens with zero attached hydrogens (tertiary/aromatic N) is 4. The maximum Gasteiger partial charge on any atom is 0.341 e. The molecule has 0 aliphatic heterocycles. The Hall–Kier alpha value is -1.84. The van der Waals surface area contributed by atoms with E-state index in [0.717, 1.165) is 5.56 Å². The van der Waals surface area contributed by atoms with Gasteiger partial charge in [-0.2, -0.15) is 9.78 Å². The minimum atomic E-state index is -0.435. The van der Waals surface area contributed by atoms with E-state index < -0.39 is 21.1 Å². The topological polar surface area (TPSA) is 93.8 Å². The van der Waals surface area contributed by atoms with Crippen molar-refractivity contribution in [3.05, 3.63) is 30.4 Å². The SMILES string of the molecule is CNC(=O)n1c[c]([Sn][CH3])cn1.CNC(=O)n1cc(C)cn1. The van der Waals surface area contributed by atoms with Crippen LogP contribution in [0, 0.1) is 6.92 Å². The van der Waals surface area contributed by atoms with Gasteiger partial charge in [-0.1, -0.05) is 0 Å². The summed E-state index contributed by atoms with van der Waals surface area (Å²) in [6.45, 7) is 1.88. The second-order valence-electron chi connectivity index (χ2n) is 4.00. The maximum atomic E-state index is 11.0. The first-order chi connectivity index (χ1) is 10.0. The van der Waals surface area contributed by atoms with Crippen molar-refractivity contribution in [3.63, 3.8) is 0 Å². The molecule has 2 amide bonds. The van der Waals surface area contributed by atoms with Crippen molar-refractivity contribution in [2.24, 2.45) is 0 Å². The molecular weight excluding hydrogens is 379 g/mol. The molecule has 2 aromatic heterocycles. The largest absolute Gasteiger partial charge is 0.341 e. The van der Waals surface area contributed by atoms with E-state index in [1.54, 1.807) is 38.9 Å². The van der Waals surface area contributed by atoms with Gasteiger partial charge in [-0.05, 0) is 12.5 Å². The summed E-state index contributed by atoms with van der Waals surface area (Å²) in [5, 5.41) is 12.7. The number of carbonyl (C=O) groups is 2. The Morgan fingerprint density at radius 3 is 1.95 bits per heavy atom. The van der Waals surface area contributed by atoms with Crippen LogP contribution >= 0.6 is 0 Å². The molecule has 2 heterocycles. The van der Waals surface area contributed by atoms with Gasteiger partial charge < -0.3 is 5.32 Å². The summed E-state index contributed by atoms with van der Waals surface area (Å²) in [5.41, 5.74) is 0.976. The quantitative estimate of drug-likeness (QED) is 0.654. The first kappa shape index (κ1) is 17.2. The summed E-state index contributed by atoms with van der Waals surface area (Å²) in [4.78, 5) is 24.0. The predicted molar refractivity (Wildman–Crippen MR) is 80.2 cm³/mol. The molecule has 21 heavy (non-hydrogen) atoms. The molecule has 2 radical (unpaired) electrons. The van der Waals surface area contributed by atoms with Crippen LogP contribution in [0.5, 0.6) is 0 Å². The van der Waals surface area contributed by atoms with Gasteiger partial charge in [0.25, 0.3) is 0 Å². The number of nitrogens with one attached hydrogen (secondary N) is 2. The summed E-state index contributed by atoms with van der Waals surface area (Å²) in [5.74, 6) is 0. The number of carbonyl (C=O) groups excluding carboxylic acids is 2. The Balaban J connectivity index is 0.000000211. The molecule has 0 bridgehead atoms. The van der Waals surface area contributed by atoms with Crippen molar-refractivity contribution in [2.45, 2.75) is 11.9 Å². The molecule has 8 nitrogen and oxygen atoms in total. The summed E-state index contributed by atoms with van der Waals surface area (Å²) >= 11 is -0.435. The van der Waals surface area contributed by atoms with Crippen LogP contribution in [-0.2, 0) is 0 Å². The Bertz CT molecular complexity index is 606. The van der Waals surface area contributed by atoms with E-state index in [1.165, 1.54) is 12.9 Å². The smallest absolute Gasteiger partial charge is 0.339 e. The third kappa shape index (κ3) is 5.21. The molecule has 0 unspecified atom stereocenters. The van der Waals surface area contributed by atoms with Gasteiger partial charge in [0, 0.05) is 13.2 Å². The molecule has 2 N–H and O–H groups in total. The van der Waals surface area contributed by atoms with Crippen LogP contribution in [0.25, 0.3) is 0 Å². The Labute approximate surface area is 133 Å². The number of hydrogen-bond donors (Lipinski definition) is 2. The number of aromatic nitrogens is 4. The van der Waals surface area contributed by atoms with Gasteiger partial charge in [0.05, 0.1) is 6.20 Å². The third-order valence-corrected chi connectivity index (χ3v) is 4.81. The van der Waals surface area contributed by atoms with Crippen LogP contribution in [0.15, 0.2) is 24.8 Å². The molecule has 2 aromatic rings. The molecule has 0 aliphatic rings. The zero-order valence-electron chi connectivity index (χ0n) is 12.4. The van der Waals surface area contributed by atoms with Gasteiger partial charge in [0.1, 0.15) is 0 Å². The van der Waals surface area contributed by atoms with Crippen LogP contribution in [0.3, 0.4) is 0 Å². The van der Waals surface area contributed by atoms with Crippen molar-refractivity contribution in [1.29, 1.82) is 0 Å². The molecule has 0 aromatic carbocycles.